The van der Waals surface area contributed by atoms with Crippen LogP contribution in [0.4, 0.5) is 10.1 Å². The molecule has 1 saturated heterocycles. The van der Waals surface area contributed by atoms with Gasteiger partial charge in [-0.05, 0) is 85.4 Å². The highest BCUT2D eigenvalue weighted by atomic mass is 79.9. The van der Waals surface area contributed by atoms with Crippen molar-refractivity contribution >= 4 is 38.9 Å². The molecular weight excluding hydrogens is 487 g/mol. The highest BCUT2D eigenvalue weighted by Crippen LogP contribution is 2.42. The van der Waals surface area contributed by atoms with Crippen LogP contribution in [0.1, 0.15) is 29.0 Å². The van der Waals surface area contributed by atoms with E-state index < -0.39 is 0 Å². The third-order valence-corrected chi connectivity index (χ3v) is 6.50. The summed E-state index contributed by atoms with van der Waals surface area (Å²) >= 11 is 9.36. The maximum absolute atomic E-state index is 14.0. The van der Waals surface area contributed by atoms with Crippen LogP contribution in [0.5, 0.6) is 0 Å². The second-order valence-electron chi connectivity index (χ2n) is 7.71. The molecule has 1 N–H and O–H groups in total. The third-order valence-electron chi connectivity index (χ3n) is 5.69. The first-order chi connectivity index (χ1) is 15.5. The molecule has 1 fully saturated rings. The van der Waals surface area contributed by atoms with Crippen molar-refractivity contribution in [1.29, 1.82) is 0 Å². The van der Waals surface area contributed by atoms with Crippen LogP contribution in [0.3, 0.4) is 0 Å². The monoisotopic (exact) mass is 506 g/mol. The van der Waals surface area contributed by atoms with Crippen LogP contribution in [-0.2, 0) is 0 Å². The van der Waals surface area contributed by atoms with Gasteiger partial charge in [-0.25, -0.2) is 4.39 Å². The Kier molecular flexibility index (Phi) is 5.53. The van der Waals surface area contributed by atoms with Gasteiger partial charge < -0.3 is 14.8 Å². The molecule has 1 aliphatic heterocycles. The number of thiocarbonyl (C=S) groups is 1. The van der Waals surface area contributed by atoms with Gasteiger partial charge in [-0.15, -0.1) is 0 Å². The molecule has 160 valence electrons. The molecule has 2 atom stereocenters. The van der Waals surface area contributed by atoms with Crippen molar-refractivity contribution in [3.63, 3.8) is 0 Å². The first-order valence-corrected chi connectivity index (χ1v) is 11.4. The van der Waals surface area contributed by atoms with Gasteiger partial charge in [0.25, 0.3) is 0 Å². The van der Waals surface area contributed by atoms with E-state index in [4.69, 9.17) is 12.2 Å². The number of anilines is 1. The fourth-order valence-electron chi connectivity index (χ4n) is 4.21. The second-order valence-corrected chi connectivity index (χ2v) is 9.02. The number of halogens is 2. The van der Waals surface area contributed by atoms with Crippen LogP contribution < -0.4 is 10.2 Å². The lowest BCUT2D eigenvalue weighted by molar-refractivity contribution is 0.549. The average Bonchev–Trinajstić information content (AvgIpc) is 3.40. The van der Waals surface area contributed by atoms with Gasteiger partial charge in [0.05, 0.1) is 11.7 Å². The zero-order valence-corrected chi connectivity index (χ0v) is 19.6. The first kappa shape index (κ1) is 20.8. The predicted octanol–water partition coefficient (Wildman–Crippen LogP) is 6.26. The van der Waals surface area contributed by atoms with E-state index in [0.29, 0.717) is 10.7 Å². The fraction of sp³-hybridized carbons (Fsp3) is 0.120. The lowest BCUT2D eigenvalue weighted by Gasteiger charge is -2.29. The predicted molar refractivity (Wildman–Crippen MR) is 133 cm³/mol. The molecule has 5 rings (SSSR count). The molecule has 0 aliphatic carbocycles. The molecule has 0 amide bonds. The van der Waals surface area contributed by atoms with Crippen molar-refractivity contribution in [2.24, 2.45) is 0 Å². The molecule has 0 unspecified atom stereocenters. The van der Waals surface area contributed by atoms with Crippen molar-refractivity contribution in [3.05, 3.63) is 112 Å². The largest absolute Gasteiger partial charge is 0.351 e. The molecule has 2 aromatic carbocycles. The standard InChI is InChI=1S/C25H20BrFN4S/c1-16-14-19(10-11-20(16)27)31-24(23(29-25(31)32)21-8-2-3-12-28-21)22-9-5-13-30(22)18-7-4-6-17(26)15-18/h2-15,23-24H,1H3,(H,29,32)/t23-,24+/m0/s1. The molecular formula is C25H20BrFN4S. The summed E-state index contributed by atoms with van der Waals surface area (Å²) in [6.45, 7) is 1.76. The number of hydrogen-bond acceptors (Lipinski definition) is 2. The summed E-state index contributed by atoms with van der Waals surface area (Å²) in [6, 6.07) is 22.9. The zero-order chi connectivity index (χ0) is 22.2. The minimum absolute atomic E-state index is 0.171. The minimum Gasteiger partial charge on any atom is -0.351 e. The van der Waals surface area contributed by atoms with Gasteiger partial charge in [0.1, 0.15) is 11.9 Å². The number of hydrogen-bond donors (Lipinski definition) is 1. The lowest BCUT2D eigenvalue weighted by atomic mass is 10.0. The summed E-state index contributed by atoms with van der Waals surface area (Å²) in [5.74, 6) is -0.234. The zero-order valence-electron chi connectivity index (χ0n) is 17.2. The number of rotatable bonds is 4. The fourth-order valence-corrected chi connectivity index (χ4v) is 4.94. The molecule has 7 heteroatoms. The average molecular weight is 507 g/mol. The number of nitrogens with one attached hydrogen (secondary N) is 1. The smallest absolute Gasteiger partial charge is 0.174 e. The third kappa shape index (κ3) is 3.72. The van der Waals surface area contributed by atoms with E-state index in [0.717, 1.165) is 27.2 Å². The van der Waals surface area contributed by atoms with Gasteiger partial charge >= 0.3 is 0 Å². The van der Waals surface area contributed by atoms with E-state index in [9.17, 15) is 4.39 Å². The van der Waals surface area contributed by atoms with E-state index in [-0.39, 0.29) is 17.9 Å². The normalized spacial score (nSPS) is 18.1. The maximum atomic E-state index is 14.0. The second kappa shape index (κ2) is 8.48. The van der Waals surface area contributed by atoms with Gasteiger partial charge in [-0.2, -0.15) is 0 Å². The van der Waals surface area contributed by atoms with Crippen LogP contribution in [0.15, 0.2) is 89.7 Å². The van der Waals surface area contributed by atoms with E-state index in [1.54, 1.807) is 19.2 Å². The molecule has 0 spiro atoms. The number of benzene rings is 2. The topological polar surface area (TPSA) is 33.1 Å². The Morgan fingerprint density at radius 2 is 1.88 bits per heavy atom. The van der Waals surface area contributed by atoms with Gasteiger partial charge in [0.15, 0.2) is 5.11 Å². The van der Waals surface area contributed by atoms with Crippen molar-refractivity contribution in [3.8, 4) is 5.69 Å². The van der Waals surface area contributed by atoms with Crippen molar-refractivity contribution in [2.45, 2.75) is 19.0 Å². The van der Waals surface area contributed by atoms with Gasteiger partial charge in [0.2, 0.25) is 0 Å². The van der Waals surface area contributed by atoms with Crippen molar-refractivity contribution in [2.75, 3.05) is 4.90 Å². The van der Waals surface area contributed by atoms with Crippen LogP contribution in [0.25, 0.3) is 5.69 Å². The van der Waals surface area contributed by atoms with E-state index in [1.807, 2.05) is 48.7 Å². The number of nitrogens with zero attached hydrogens (tertiary/aromatic N) is 3. The van der Waals surface area contributed by atoms with Gasteiger partial charge in [0, 0.05) is 33.9 Å². The molecule has 4 nitrogen and oxygen atoms in total. The molecule has 3 heterocycles. The summed E-state index contributed by atoms with van der Waals surface area (Å²) in [4.78, 5) is 6.67. The quantitative estimate of drug-likeness (QED) is 0.331. The Hall–Kier alpha value is -3.03. The first-order valence-electron chi connectivity index (χ1n) is 10.2. The molecule has 4 aromatic rings. The Balaban J connectivity index is 1.68. The summed E-state index contributed by atoms with van der Waals surface area (Å²) < 4.78 is 17.2. The summed E-state index contributed by atoms with van der Waals surface area (Å²) in [5.41, 5.74) is 4.39. The molecule has 0 saturated carbocycles. The Bertz CT molecular complexity index is 1290. The van der Waals surface area contributed by atoms with Crippen LogP contribution in [-0.4, -0.2) is 14.7 Å². The van der Waals surface area contributed by atoms with Gasteiger partial charge in [-0.1, -0.05) is 28.1 Å². The summed E-state index contributed by atoms with van der Waals surface area (Å²) in [6.07, 6.45) is 3.83. The minimum atomic E-state index is -0.234. The van der Waals surface area contributed by atoms with E-state index in [2.05, 4.69) is 53.9 Å². The molecule has 0 radical (unpaired) electrons. The Labute approximate surface area is 199 Å². The van der Waals surface area contributed by atoms with Crippen LogP contribution in [0, 0.1) is 12.7 Å². The molecule has 1 aliphatic rings. The van der Waals surface area contributed by atoms with E-state index in [1.165, 1.54) is 6.07 Å². The number of aryl methyl sites for hydroxylation is 1. The highest BCUT2D eigenvalue weighted by molar-refractivity contribution is 9.10. The summed E-state index contributed by atoms with van der Waals surface area (Å²) in [5, 5.41) is 4.04. The maximum Gasteiger partial charge on any atom is 0.174 e. The molecule has 0 bridgehead atoms. The Morgan fingerprint density at radius 3 is 2.62 bits per heavy atom. The number of pyridine rings is 1. The molecule has 2 aromatic heterocycles. The number of aromatic nitrogens is 2. The molecule has 32 heavy (non-hydrogen) atoms. The van der Waals surface area contributed by atoms with Crippen LogP contribution in [0.2, 0.25) is 0 Å². The van der Waals surface area contributed by atoms with Crippen molar-refractivity contribution in [1.82, 2.24) is 14.9 Å². The highest BCUT2D eigenvalue weighted by Gasteiger charge is 2.42. The van der Waals surface area contributed by atoms with E-state index >= 15 is 0 Å². The van der Waals surface area contributed by atoms with Crippen LogP contribution >= 0.6 is 28.1 Å². The summed E-state index contributed by atoms with van der Waals surface area (Å²) in [7, 11) is 0. The Morgan fingerprint density at radius 1 is 1.00 bits per heavy atom. The SMILES string of the molecule is Cc1cc(N2C(=S)N[C@@H](c3ccccn3)[C@H]2c2cccn2-c2cccc(Br)c2)ccc1F. The lowest BCUT2D eigenvalue weighted by Crippen LogP contribution is -2.30. The van der Waals surface area contributed by atoms with Crippen molar-refractivity contribution < 1.29 is 4.39 Å². The van der Waals surface area contributed by atoms with Gasteiger partial charge in [-0.3, -0.25) is 4.98 Å².